The third-order valence-electron chi connectivity index (χ3n) is 3.67. The van der Waals surface area contributed by atoms with Gasteiger partial charge in [0.1, 0.15) is 5.01 Å². The number of anilines is 1. The van der Waals surface area contributed by atoms with Crippen LogP contribution in [0, 0.1) is 11.8 Å². The Morgan fingerprint density at radius 1 is 1.38 bits per heavy atom. The number of amides is 1. The molecule has 118 valence electrons. The summed E-state index contributed by atoms with van der Waals surface area (Å²) in [4.78, 5) is 12.1. The van der Waals surface area contributed by atoms with E-state index in [0.717, 1.165) is 17.8 Å². The molecule has 1 aliphatic carbocycles. The predicted octanol–water partition coefficient (Wildman–Crippen LogP) is 3.80. The second kappa shape index (κ2) is 6.72. The first kappa shape index (κ1) is 16.2. The molecule has 1 aromatic rings. The molecule has 0 unspecified atom stereocenters. The Hall–Kier alpha value is -1.18. The molecule has 1 aliphatic rings. The van der Waals surface area contributed by atoms with E-state index >= 15 is 0 Å². The van der Waals surface area contributed by atoms with E-state index in [1.807, 2.05) is 6.92 Å². The second-order valence-corrected chi connectivity index (χ2v) is 6.40. The highest BCUT2D eigenvalue weighted by molar-refractivity contribution is 7.15. The van der Waals surface area contributed by atoms with E-state index in [0.29, 0.717) is 18.0 Å². The van der Waals surface area contributed by atoms with Gasteiger partial charge in [-0.25, -0.2) is 0 Å². The van der Waals surface area contributed by atoms with Crippen molar-refractivity contribution in [1.82, 2.24) is 10.2 Å². The fraction of sp³-hybridized carbons (Fsp3) is 0.769. The zero-order valence-electron chi connectivity index (χ0n) is 11.7. The van der Waals surface area contributed by atoms with Crippen molar-refractivity contribution >= 4 is 22.4 Å². The van der Waals surface area contributed by atoms with Gasteiger partial charge in [0.05, 0.1) is 5.92 Å². The van der Waals surface area contributed by atoms with E-state index in [1.54, 1.807) is 0 Å². The maximum atomic E-state index is 12.7. The number of carbonyl (C=O) groups excluding carboxylic acids is 1. The van der Waals surface area contributed by atoms with Crippen molar-refractivity contribution in [2.24, 2.45) is 11.8 Å². The molecule has 1 N–H and O–H groups in total. The van der Waals surface area contributed by atoms with Crippen LogP contribution >= 0.6 is 11.3 Å². The third kappa shape index (κ3) is 4.39. The number of hydrogen-bond acceptors (Lipinski definition) is 4. The summed E-state index contributed by atoms with van der Waals surface area (Å²) in [5.74, 6) is -2.33. The van der Waals surface area contributed by atoms with E-state index in [2.05, 4.69) is 15.5 Å². The Morgan fingerprint density at radius 2 is 2.14 bits per heavy atom. The molecule has 1 amide bonds. The Labute approximate surface area is 125 Å². The Kier molecular flexibility index (Phi) is 5.18. The van der Waals surface area contributed by atoms with E-state index in [-0.39, 0.29) is 18.7 Å². The van der Waals surface area contributed by atoms with Gasteiger partial charge in [0.2, 0.25) is 11.0 Å². The molecular formula is C13H18F3N3OS. The highest BCUT2D eigenvalue weighted by Gasteiger charge is 2.43. The summed E-state index contributed by atoms with van der Waals surface area (Å²) in [5, 5.41) is 11.6. The van der Waals surface area contributed by atoms with Crippen LogP contribution < -0.4 is 5.32 Å². The van der Waals surface area contributed by atoms with Crippen LogP contribution in [0.1, 0.15) is 44.0 Å². The van der Waals surface area contributed by atoms with E-state index in [1.165, 1.54) is 11.3 Å². The number of carbonyl (C=O) groups is 1. The molecule has 0 bridgehead atoms. The van der Waals surface area contributed by atoms with Gasteiger partial charge in [-0.05, 0) is 25.7 Å². The van der Waals surface area contributed by atoms with Crippen LogP contribution in [0.4, 0.5) is 18.3 Å². The molecule has 4 nitrogen and oxygen atoms in total. The average molecular weight is 321 g/mol. The highest BCUT2D eigenvalue weighted by Crippen LogP contribution is 2.40. The van der Waals surface area contributed by atoms with E-state index < -0.39 is 18.0 Å². The van der Waals surface area contributed by atoms with Crippen LogP contribution in [0.5, 0.6) is 0 Å². The summed E-state index contributed by atoms with van der Waals surface area (Å²) in [5.41, 5.74) is 0. The monoisotopic (exact) mass is 321 g/mol. The van der Waals surface area contributed by atoms with Crippen LogP contribution in [-0.4, -0.2) is 22.3 Å². The molecule has 21 heavy (non-hydrogen) atoms. The number of aromatic nitrogens is 2. The maximum Gasteiger partial charge on any atom is 0.391 e. The summed E-state index contributed by atoms with van der Waals surface area (Å²) in [6.45, 7) is 2.01. The summed E-state index contributed by atoms with van der Waals surface area (Å²) >= 11 is 1.28. The van der Waals surface area contributed by atoms with E-state index in [4.69, 9.17) is 0 Å². The van der Waals surface area contributed by atoms with Crippen LogP contribution in [-0.2, 0) is 11.2 Å². The van der Waals surface area contributed by atoms with Gasteiger partial charge in [0.25, 0.3) is 0 Å². The SMILES string of the molecule is CCCc1nnc(NC(=O)[C@H]2CCC[C@H](C(F)(F)F)C2)s1. The molecular weight excluding hydrogens is 303 g/mol. The number of aryl methyl sites for hydroxylation is 1. The summed E-state index contributed by atoms with van der Waals surface area (Å²) in [6, 6.07) is 0. The normalized spacial score (nSPS) is 23.0. The number of alkyl halides is 3. The van der Waals surface area contributed by atoms with Crippen molar-refractivity contribution in [2.45, 2.75) is 51.6 Å². The number of halogens is 3. The molecule has 8 heteroatoms. The van der Waals surface area contributed by atoms with Crippen molar-refractivity contribution in [1.29, 1.82) is 0 Å². The topological polar surface area (TPSA) is 54.9 Å². The fourth-order valence-corrected chi connectivity index (χ4v) is 3.40. The lowest BCUT2D eigenvalue weighted by molar-refractivity contribution is -0.185. The first-order valence-corrected chi connectivity index (χ1v) is 7.91. The van der Waals surface area contributed by atoms with Crippen LogP contribution in [0.15, 0.2) is 0 Å². The Balaban J connectivity index is 1.93. The predicted molar refractivity (Wildman–Crippen MR) is 74.0 cm³/mol. The molecule has 1 aromatic heterocycles. The molecule has 2 rings (SSSR count). The maximum absolute atomic E-state index is 12.7. The summed E-state index contributed by atoms with van der Waals surface area (Å²) < 4.78 is 38.2. The van der Waals surface area contributed by atoms with Crippen LogP contribution in [0.2, 0.25) is 0 Å². The van der Waals surface area contributed by atoms with Crippen molar-refractivity contribution in [3.63, 3.8) is 0 Å². The largest absolute Gasteiger partial charge is 0.391 e. The first-order chi connectivity index (χ1) is 9.90. The van der Waals surface area contributed by atoms with Gasteiger partial charge in [0.15, 0.2) is 0 Å². The first-order valence-electron chi connectivity index (χ1n) is 7.10. The molecule has 0 saturated heterocycles. The number of nitrogens with one attached hydrogen (secondary N) is 1. The summed E-state index contributed by atoms with van der Waals surface area (Å²) in [7, 11) is 0. The van der Waals surface area contributed by atoms with Gasteiger partial charge in [-0.2, -0.15) is 13.2 Å². The minimum Gasteiger partial charge on any atom is -0.300 e. The molecule has 0 spiro atoms. The lowest BCUT2D eigenvalue weighted by Crippen LogP contribution is -2.34. The van der Waals surface area contributed by atoms with Gasteiger partial charge >= 0.3 is 6.18 Å². The third-order valence-corrected chi connectivity index (χ3v) is 4.57. The Bertz CT molecular complexity index is 489. The van der Waals surface area contributed by atoms with Crippen LogP contribution in [0.25, 0.3) is 0 Å². The average Bonchev–Trinajstić information content (AvgIpc) is 2.86. The smallest absolute Gasteiger partial charge is 0.300 e. The lowest BCUT2D eigenvalue weighted by Gasteiger charge is -2.29. The van der Waals surface area contributed by atoms with Gasteiger partial charge in [-0.15, -0.1) is 10.2 Å². The zero-order chi connectivity index (χ0) is 15.5. The standard InChI is InChI=1S/C13H18F3N3OS/c1-2-4-10-18-19-12(21-10)17-11(20)8-5-3-6-9(7-8)13(14,15)16/h8-9H,2-7H2,1H3,(H,17,19,20)/t8-,9-/m0/s1. The number of rotatable bonds is 4. The van der Waals surface area contributed by atoms with Gasteiger partial charge in [0, 0.05) is 12.3 Å². The van der Waals surface area contributed by atoms with E-state index in [9.17, 15) is 18.0 Å². The fourth-order valence-electron chi connectivity index (χ4n) is 2.55. The second-order valence-electron chi connectivity index (χ2n) is 5.34. The Morgan fingerprint density at radius 3 is 2.81 bits per heavy atom. The van der Waals surface area contributed by atoms with Gasteiger partial charge in [-0.3, -0.25) is 4.79 Å². The lowest BCUT2D eigenvalue weighted by atomic mass is 9.80. The quantitative estimate of drug-likeness (QED) is 0.918. The van der Waals surface area contributed by atoms with Crippen molar-refractivity contribution < 1.29 is 18.0 Å². The van der Waals surface area contributed by atoms with Crippen LogP contribution in [0.3, 0.4) is 0 Å². The highest BCUT2D eigenvalue weighted by atomic mass is 32.1. The molecule has 0 aromatic carbocycles. The number of nitrogens with zero attached hydrogens (tertiary/aromatic N) is 2. The minimum atomic E-state index is -4.21. The molecule has 1 saturated carbocycles. The van der Waals surface area contributed by atoms with Gasteiger partial charge < -0.3 is 5.32 Å². The molecule has 2 atom stereocenters. The van der Waals surface area contributed by atoms with Crippen molar-refractivity contribution in [3.05, 3.63) is 5.01 Å². The summed E-state index contributed by atoms with van der Waals surface area (Å²) in [6.07, 6.45) is -1.58. The zero-order valence-corrected chi connectivity index (χ0v) is 12.6. The number of hydrogen-bond donors (Lipinski definition) is 1. The molecule has 0 radical (unpaired) electrons. The van der Waals surface area contributed by atoms with Crippen molar-refractivity contribution in [2.75, 3.05) is 5.32 Å². The van der Waals surface area contributed by atoms with Crippen molar-refractivity contribution in [3.8, 4) is 0 Å². The molecule has 0 aliphatic heterocycles. The molecule has 1 fully saturated rings. The molecule has 1 heterocycles. The van der Waals surface area contributed by atoms with Gasteiger partial charge in [-0.1, -0.05) is 24.7 Å². The minimum absolute atomic E-state index is 0.118.